The molecule has 0 aromatic carbocycles. The van der Waals surface area contributed by atoms with Crippen molar-refractivity contribution < 1.29 is 9.53 Å². The summed E-state index contributed by atoms with van der Waals surface area (Å²) in [5, 5.41) is 0. The smallest absolute Gasteiger partial charge is 0.306 e. The Balaban J connectivity index is 3.66. The standard InChI is InChI=1S/C16H32O2/c1-4-7-9-10-11-14-16(17)18-15(12-6-3)13-8-5-2/h15H,4-14H2,1-3H3. The van der Waals surface area contributed by atoms with E-state index < -0.39 is 0 Å². The van der Waals surface area contributed by atoms with Gasteiger partial charge in [-0.15, -0.1) is 0 Å². The second-order valence-electron chi connectivity index (χ2n) is 5.21. The van der Waals surface area contributed by atoms with Crippen LogP contribution in [-0.2, 0) is 9.53 Å². The molecule has 0 aliphatic carbocycles. The van der Waals surface area contributed by atoms with Gasteiger partial charge in [-0.3, -0.25) is 4.79 Å². The van der Waals surface area contributed by atoms with Gasteiger partial charge in [-0.05, 0) is 19.3 Å². The first kappa shape index (κ1) is 17.5. The van der Waals surface area contributed by atoms with Crippen molar-refractivity contribution in [3.05, 3.63) is 0 Å². The molecule has 0 aromatic heterocycles. The van der Waals surface area contributed by atoms with Crippen molar-refractivity contribution in [3.8, 4) is 0 Å². The van der Waals surface area contributed by atoms with Crippen molar-refractivity contribution in [2.75, 3.05) is 0 Å². The van der Waals surface area contributed by atoms with Crippen molar-refractivity contribution in [1.82, 2.24) is 0 Å². The number of carbonyl (C=O) groups is 1. The highest BCUT2D eigenvalue weighted by atomic mass is 16.5. The maximum absolute atomic E-state index is 11.7. The number of rotatable bonds is 12. The molecule has 2 nitrogen and oxygen atoms in total. The molecule has 0 aromatic rings. The SMILES string of the molecule is CCCCCCCC(=O)OC(CCC)CCCC. The van der Waals surface area contributed by atoms with Crippen LogP contribution in [0.15, 0.2) is 0 Å². The van der Waals surface area contributed by atoms with Gasteiger partial charge in [0.2, 0.25) is 0 Å². The Bertz CT molecular complexity index is 190. The monoisotopic (exact) mass is 256 g/mol. The zero-order chi connectivity index (χ0) is 13.6. The number of hydrogen-bond donors (Lipinski definition) is 0. The number of carbonyl (C=O) groups excluding carboxylic acids is 1. The highest BCUT2D eigenvalue weighted by molar-refractivity contribution is 5.69. The third-order valence-electron chi connectivity index (χ3n) is 3.27. The van der Waals surface area contributed by atoms with Crippen LogP contribution in [0, 0.1) is 0 Å². The second-order valence-corrected chi connectivity index (χ2v) is 5.21. The lowest BCUT2D eigenvalue weighted by Gasteiger charge is -2.17. The van der Waals surface area contributed by atoms with Gasteiger partial charge in [0.15, 0.2) is 0 Å². The molecule has 0 aliphatic heterocycles. The zero-order valence-corrected chi connectivity index (χ0v) is 12.7. The summed E-state index contributed by atoms with van der Waals surface area (Å²) in [4.78, 5) is 11.7. The van der Waals surface area contributed by atoms with Gasteiger partial charge in [0.05, 0.1) is 0 Å². The van der Waals surface area contributed by atoms with Crippen LogP contribution in [0.1, 0.15) is 91.4 Å². The first-order chi connectivity index (χ1) is 8.74. The lowest BCUT2D eigenvalue weighted by atomic mass is 10.1. The summed E-state index contributed by atoms with van der Waals surface area (Å²) in [7, 11) is 0. The summed E-state index contributed by atoms with van der Waals surface area (Å²) in [5.41, 5.74) is 0. The Labute approximate surface area is 113 Å². The summed E-state index contributed by atoms with van der Waals surface area (Å²) in [6, 6.07) is 0. The minimum Gasteiger partial charge on any atom is -0.462 e. The lowest BCUT2D eigenvalue weighted by Crippen LogP contribution is -2.18. The third-order valence-corrected chi connectivity index (χ3v) is 3.27. The normalized spacial score (nSPS) is 12.4. The Hall–Kier alpha value is -0.530. The summed E-state index contributed by atoms with van der Waals surface area (Å²) in [5.74, 6) is 0.0149. The number of hydrogen-bond acceptors (Lipinski definition) is 2. The van der Waals surface area contributed by atoms with Gasteiger partial charge >= 0.3 is 5.97 Å². The number of ether oxygens (including phenoxy) is 1. The van der Waals surface area contributed by atoms with E-state index in [-0.39, 0.29) is 12.1 Å². The maximum atomic E-state index is 11.7. The van der Waals surface area contributed by atoms with Crippen LogP contribution in [0.5, 0.6) is 0 Å². The van der Waals surface area contributed by atoms with E-state index in [2.05, 4.69) is 20.8 Å². The second kappa shape index (κ2) is 12.9. The molecular weight excluding hydrogens is 224 g/mol. The molecule has 108 valence electrons. The Morgan fingerprint density at radius 2 is 1.50 bits per heavy atom. The van der Waals surface area contributed by atoms with Crippen LogP contribution in [-0.4, -0.2) is 12.1 Å². The largest absolute Gasteiger partial charge is 0.462 e. The average Bonchev–Trinajstić information content (AvgIpc) is 2.36. The minimum absolute atomic E-state index is 0.0149. The van der Waals surface area contributed by atoms with E-state index in [1.165, 1.54) is 25.7 Å². The van der Waals surface area contributed by atoms with E-state index in [1.54, 1.807) is 0 Å². The Morgan fingerprint density at radius 1 is 0.833 bits per heavy atom. The van der Waals surface area contributed by atoms with Gasteiger partial charge in [-0.2, -0.15) is 0 Å². The van der Waals surface area contributed by atoms with Crippen LogP contribution >= 0.6 is 0 Å². The molecule has 1 unspecified atom stereocenters. The molecule has 0 spiro atoms. The molecule has 0 rings (SSSR count). The first-order valence-electron chi connectivity index (χ1n) is 7.94. The molecule has 0 radical (unpaired) electrons. The fourth-order valence-corrected chi connectivity index (χ4v) is 2.13. The summed E-state index contributed by atoms with van der Waals surface area (Å²) >= 11 is 0. The van der Waals surface area contributed by atoms with Gasteiger partial charge in [0.25, 0.3) is 0 Å². The molecule has 0 heterocycles. The van der Waals surface area contributed by atoms with Crippen molar-refractivity contribution in [2.45, 2.75) is 97.5 Å². The van der Waals surface area contributed by atoms with E-state index in [4.69, 9.17) is 4.74 Å². The summed E-state index contributed by atoms with van der Waals surface area (Å²) < 4.78 is 5.56. The van der Waals surface area contributed by atoms with Crippen LogP contribution in [0.25, 0.3) is 0 Å². The average molecular weight is 256 g/mol. The van der Waals surface area contributed by atoms with E-state index in [0.717, 1.165) is 38.5 Å². The van der Waals surface area contributed by atoms with Crippen LogP contribution < -0.4 is 0 Å². The molecule has 0 aliphatic rings. The molecule has 2 heteroatoms. The van der Waals surface area contributed by atoms with Gasteiger partial charge in [0.1, 0.15) is 6.10 Å². The maximum Gasteiger partial charge on any atom is 0.306 e. The molecule has 0 fully saturated rings. The van der Waals surface area contributed by atoms with Crippen LogP contribution in [0.4, 0.5) is 0 Å². The highest BCUT2D eigenvalue weighted by Crippen LogP contribution is 2.13. The number of unbranched alkanes of at least 4 members (excludes halogenated alkanes) is 5. The van der Waals surface area contributed by atoms with Crippen LogP contribution in [0.3, 0.4) is 0 Å². The molecule has 0 N–H and O–H groups in total. The zero-order valence-electron chi connectivity index (χ0n) is 12.7. The Morgan fingerprint density at radius 3 is 2.11 bits per heavy atom. The number of esters is 1. The molecule has 0 bridgehead atoms. The van der Waals surface area contributed by atoms with Gasteiger partial charge in [-0.25, -0.2) is 0 Å². The quantitative estimate of drug-likeness (QED) is 0.352. The van der Waals surface area contributed by atoms with Crippen molar-refractivity contribution >= 4 is 5.97 Å². The van der Waals surface area contributed by atoms with E-state index >= 15 is 0 Å². The first-order valence-corrected chi connectivity index (χ1v) is 7.94. The predicted octanol–water partition coefficient (Wildman–Crippen LogP) is 5.25. The van der Waals surface area contributed by atoms with Crippen LogP contribution in [0.2, 0.25) is 0 Å². The van der Waals surface area contributed by atoms with Gasteiger partial charge in [0, 0.05) is 6.42 Å². The molecule has 1 atom stereocenters. The van der Waals surface area contributed by atoms with Crippen molar-refractivity contribution in [2.24, 2.45) is 0 Å². The van der Waals surface area contributed by atoms with Crippen molar-refractivity contribution in [1.29, 1.82) is 0 Å². The fraction of sp³-hybridized carbons (Fsp3) is 0.938. The van der Waals surface area contributed by atoms with Crippen molar-refractivity contribution in [3.63, 3.8) is 0 Å². The molecule has 0 saturated carbocycles. The molecule has 0 saturated heterocycles. The summed E-state index contributed by atoms with van der Waals surface area (Å²) in [6.07, 6.45) is 12.2. The molecule has 18 heavy (non-hydrogen) atoms. The van der Waals surface area contributed by atoms with Gasteiger partial charge < -0.3 is 4.74 Å². The van der Waals surface area contributed by atoms with E-state index in [1.807, 2.05) is 0 Å². The predicted molar refractivity (Wildman–Crippen MR) is 77.7 cm³/mol. The van der Waals surface area contributed by atoms with E-state index in [9.17, 15) is 4.79 Å². The summed E-state index contributed by atoms with van der Waals surface area (Å²) in [6.45, 7) is 6.54. The van der Waals surface area contributed by atoms with Gasteiger partial charge in [-0.1, -0.05) is 65.7 Å². The molecule has 0 amide bonds. The third kappa shape index (κ3) is 10.6. The fourth-order valence-electron chi connectivity index (χ4n) is 2.13. The minimum atomic E-state index is 0.0149. The Kier molecular flexibility index (Phi) is 12.5. The van der Waals surface area contributed by atoms with E-state index in [0.29, 0.717) is 6.42 Å². The lowest BCUT2D eigenvalue weighted by molar-refractivity contribution is -0.150. The highest BCUT2D eigenvalue weighted by Gasteiger charge is 2.12. The topological polar surface area (TPSA) is 26.3 Å². The molecular formula is C16H32O2.